The number of nitrogens with one attached hydrogen (secondary N) is 3. The molecule has 0 spiro atoms. The molecule has 0 unspecified atom stereocenters. The van der Waals surface area contributed by atoms with Crippen molar-refractivity contribution < 1.29 is 22.0 Å². The van der Waals surface area contributed by atoms with E-state index in [9.17, 15) is 22.0 Å². The van der Waals surface area contributed by atoms with Gasteiger partial charge in [-0.15, -0.1) is 5.10 Å². The highest BCUT2D eigenvalue weighted by molar-refractivity contribution is 6.26. The predicted octanol–water partition coefficient (Wildman–Crippen LogP) is 5.09. The summed E-state index contributed by atoms with van der Waals surface area (Å²) in [4.78, 5) is 3.53. The van der Waals surface area contributed by atoms with Gasteiger partial charge in [0.25, 0.3) is 0 Å². The molecule has 0 atom stereocenters. The topological polar surface area (TPSA) is 90.4 Å². The first-order chi connectivity index (χ1) is 16.0. The number of rotatable bonds is 7. The maximum absolute atomic E-state index is 13.9. The third-order valence-corrected chi connectivity index (χ3v) is 4.83. The molecule has 0 aliphatic rings. The van der Waals surface area contributed by atoms with Gasteiger partial charge in [0.1, 0.15) is 23.2 Å². The molecule has 0 bridgehead atoms. The van der Waals surface area contributed by atoms with Crippen molar-refractivity contribution >= 4 is 11.5 Å². The molecule has 3 aromatic rings. The van der Waals surface area contributed by atoms with Gasteiger partial charge in [0.05, 0.1) is 6.54 Å². The molecule has 1 aromatic heterocycles. The Kier molecular flexibility index (Phi) is 7.23. The Bertz CT molecular complexity index is 1220. The number of halogens is 5. The van der Waals surface area contributed by atoms with Crippen LogP contribution >= 0.6 is 0 Å². The monoisotopic (exact) mass is 476 g/mol. The standard InChI is InChI=1S/C23H21F5N6/c1-13(2)18(20(30)31-11-15-16(24)9-6-10-17(15)25)19(29)21-32-22(23(26,27)28)34(33-21)12-14-7-4-3-5-8-14/h3-10,29H,11-12H2,1-2H3,(H2,30,31). The Balaban J connectivity index is 1.89. The molecule has 3 rings (SSSR count). The van der Waals surface area contributed by atoms with Crippen molar-refractivity contribution in [3.05, 3.63) is 94.1 Å². The van der Waals surface area contributed by atoms with Gasteiger partial charge in [-0.05, 0) is 31.5 Å². The Hall–Kier alpha value is -3.89. The fourth-order valence-corrected chi connectivity index (χ4v) is 3.23. The van der Waals surface area contributed by atoms with Crippen LogP contribution < -0.4 is 5.32 Å². The van der Waals surface area contributed by atoms with Crippen LogP contribution in [0, 0.1) is 22.5 Å². The zero-order valence-electron chi connectivity index (χ0n) is 18.3. The number of aromatic nitrogens is 3. The van der Waals surface area contributed by atoms with E-state index in [0.717, 1.165) is 12.1 Å². The fraction of sp³-hybridized carbons (Fsp3) is 0.217. The average Bonchev–Trinajstić information content (AvgIpc) is 3.18. The molecule has 0 saturated carbocycles. The predicted molar refractivity (Wildman–Crippen MR) is 117 cm³/mol. The number of hydrogen-bond donors (Lipinski definition) is 3. The van der Waals surface area contributed by atoms with Crippen LogP contribution in [-0.4, -0.2) is 26.3 Å². The molecule has 34 heavy (non-hydrogen) atoms. The second-order valence-electron chi connectivity index (χ2n) is 7.58. The van der Waals surface area contributed by atoms with Crippen molar-refractivity contribution in [2.45, 2.75) is 33.1 Å². The largest absolute Gasteiger partial charge is 0.451 e. The quantitative estimate of drug-likeness (QED) is 0.252. The van der Waals surface area contributed by atoms with Crippen molar-refractivity contribution in [3.8, 4) is 0 Å². The molecule has 0 aliphatic heterocycles. The molecule has 0 fully saturated rings. The zero-order chi connectivity index (χ0) is 25.0. The summed E-state index contributed by atoms with van der Waals surface area (Å²) < 4.78 is 69.2. The maximum Gasteiger partial charge on any atom is 0.451 e. The summed E-state index contributed by atoms with van der Waals surface area (Å²) in [5, 5.41) is 23.1. The summed E-state index contributed by atoms with van der Waals surface area (Å²) in [5.41, 5.74) is 0.0480. The van der Waals surface area contributed by atoms with E-state index in [2.05, 4.69) is 15.4 Å². The summed E-state index contributed by atoms with van der Waals surface area (Å²) in [6.07, 6.45) is -4.82. The summed E-state index contributed by atoms with van der Waals surface area (Å²) in [6, 6.07) is 11.7. The van der Waals surface area contributed by atoms with Crippen LogP contribution in [0.2, 0.25) is 0 Å². The average molecular weight is 476 g/mol. The van der Waals surface area contributed by atoms with E-state index < -0.39 is 47.6 Å². The van der Waals surface area contributed by atoms with E-state index in [0.29, 0.717) is 15.8 Å². The molecular weight excluding hydrogens is 455 g/mol. The van der Waals surface area contributed by atoms with Crippen molar-refractivity contribution in [2.24, 2.45) is 0 Å². The smallest absolute Gasteiger partial charge is 0.366 e. The number of nitrogens with zero attached hydrogens (tertiary/aromatic N) is 3. The van der Waals surface area contributed by atoms with E-state index in [-0.39, 0.29) is 17.7 Å². The van der Waals surface area contributed by atoms with Crippen molar-refractivity contribution in [1.82, 2.24) is 20.1 Å². The van der Waals surface area contributed by atoms with Gasteiger partial charge >= 0.3 is 6.18 Å². The summed E-state index contributed by atoms with van der Waals surface area (Å²) >= 11 is 0. The van der Waals surface area contributed by atoms with Crippen LogP contribution in [-0.2, 0) is 19.3 Å². The highest BCUT2D eigenvalue weighted by Crippen LogP contribution is 2.28. The second-order valence-corrected chi connectivity index (χ2v) is 7.58. The minimum atomic E-state index is -4.82. The molecule has 11 heteroatoms. The van der Waals surface area contributed by atoms with Crippen LogP contribution in [0.25, 0.3) is 0 Å². The van der Waals surface area contributed by atoms with Gasteiger partial charge in [-0.1, -0.05) is 42.0 Å². The van der Waals surface area contributed by atoms with Gasteiger partial charge in [-0.25, -0.2) is 18.4 Å². The van der Waals surface area contributed by atoms with Gasteiger partial charge in [0, 0.05) is 17.7 Å². The van der Waals surface area contributed by atoms with Crippen LogP contribution in [0.4, 0.5) is 22.0 Å². The highest BCUT2D eigenvalue weighted by atomic mass is 19.4. The lowest BCUT2D eigenvalue weighted by atomic mass is 10.0. The lowest BCUT2D eigenvalue weighted by Crippen LogP contribution is -2.29. The maximum atomic E-state index is 13.9. The molecule has 1 heterocycles. The first-order valence-electron chi connectivity index (χ1n) is 10.1. The van der Waals surface area contributed by atoms with Crippen LogP contribution in [0.15, 0.2) is 59.7 Å². The lowest BCUT2D eigenvalue weighted by molar-refractivity contribution is -0.147. The molecule has 0 aliphatic carbocycles. The molecule has 0 saturated heterocycles. The molecule has 0 radical (unpaired) electrons. The van der Waals surface area contributed by atoms with E-state index in [4.69, 9.17) is 10.8 Å². The van der Waals surface area contributed by atoms with Crippen molar-refractivity contribution in [3.63, 3.8) is 0 Å². The van der Waals surface area contributed by atoms with E-state index in [1.807, 2.05) is 0 Å². The van der Waals surface area contributed by atoms with Crippen LogP contribution in [0.3, 0.4) is 0 Å². The SMILES string of the molecule is CC(C)=C(C(=N)NCc1c(F)cccc1F)C(=N)c1nc(C(F)(F)F)n(Cc2ccccc2)n1. The first-order valence-corrected chi connectivity index (χ1v) is 10.1. The van der Waals surface area contributed by atoms with Gasteiger partial charge in [-0.3, -0.25) is 10.8 Å². The van der Waals surface area contributed by atoms with E-state index in [1.54, 1.807) is 44.2 Å². The van der Waals surface area contributed by atoms with Crippen molar-refractivity contribution in [2.75, 3.05) is 0 Å². The van der Waals surface area contributed by atoms with E-state index >= 15 is 0 Å². The number of alkyl halides is 3. The number of allylic oxidation sites excluding steroid dienone is 1. The Morgan fingerprint density at radius 3 is 2.15 bits per heavy atom. The number of hydrogen-bond acceptors (Lipinski definition) is 4. The van der Waals surface area contributed by atoms with Gasteiger partial charge in [0.2, 0.25) is 5.82 Å². The molecule has 0 amide bonds. The van der Waals surface area contributed by atoms with Crippen LogP contribution in [0.5, 0.6) is 0 Å². The summed E-state index contributed by atoms with van der Waals surface area (Å²) in [6.45, 7) is 2.48. The third-order valence-electron chi connectivity index (χ3n) is 4.83. The fourth-order valence-electron chi connectivity index (χ4n) is 3.23. The summed E-state index contributed by atoms with van der Waals surface area (Å²) in [5.74, 6) is -3.84. The molecule has 178 valence electrons. The molecular formula is C23H21F5N6. The number of amidine groups is 1. The first kappa shape index (κ1) is 24.7. The normalized spacial score (nSPS) is 11.3. The molecule has 2 aromatic carbocycles. The number of benzene rings is 2. The Morgan fingerprint density at radius 2 is 1.59 bits per heavy atom. The Labute approximate surface area is 192 Å². The third kappa shape index (κ3) is 5.53. The molecule has 6 nitrogen and oxygen atoms in total. The summed E-state index contributed by atoms with van der Waals surface area (Å²) in [7, 11) is 0. The minimum Gasteiger partial charge on any atom is -0.366 e. The van der Waals surface area contributed by atoms with Gasteiger partial charge < -0.3 is 5.32 Å². The van der Waals surface area contributed by atoms with Crippen molar-refractivity contribution in [1.29, 1.82) is 10.8 Å². The van der Waals surface area contributed by atoms with Gasteiger partial charge in [-0.2, -0.15) is 13.2 Å². The van der Waals surface area contributed by atoms with E-state index in [1.165, 1.54) is 6.07 Å². The van der Waals surface area contributed by atoms with Crippen LogP contribution in [0.1, 0.15) is 36.6 Å². The molecule has 3 N–H and O–H groups in total. The lowest BCUT2D eigenvalue weighted by Gasteiger charge is -2.14. The Morgan fingerprint density at radius 1 is 0.971 bits per heavy atom. The minimum absolute atomic E-state index is 0.0812. The second kappa shape index (κ2) is 9.94. The zero-order valence-corrected chi connectivity index (χ0v) is 18.3. The van der Waals surface area contributed by atoms with Gasteiger partial charge in [0.15, 0.2) is 5.82 Å². The highest BCUT2D eigenvalue weighted by Gasteiger charge is 2.39.